The van der Waals surface area contributed by atoms with Gasteiger partial charge in [0.25, 0.3) is 0 Å². The number of ether oxygens (including phenoxy) is 1. The van der Waals surface area contributed by atoms with Crippen LogP contribution in [0.2, 0.25) is 0 Å². The molecule has 2 heterocycles. The summed E-state index contributed by atoms with van der Waals surface area (Å²) in [5, 5.41) is 6.61. The molecule has 0 bridgehead atoms. The highest BCUT2D eigenvalue weighted by atomic mass is 35.5. The van der Waals surface area contributed by atoms with Crippen molar-refractivity contribution in [3.63, 3.8) is 0 Å². The van der Waals surface area contributed by atoms with Gasteiger partial charge in [0.1, 0.15) is 0 Å². The van der Waals surface area contributed by atoms with Crippen molar-refractivity contribution in [1.29, 1.82) is 0 Å². The van der Waals surface area contributed by atoms with Gasteiger partial charge >= 0.3 is 0 Å². The summed E-state index contributed by atoms with van der Waals surface area (Å²) in [6, 6.07) is 10.8. The number of carbonyl (C=O) groups is 1. The van der Waals surface area contributed by atoms with E-state index in [1.54, 1.807) is 7.11 Å². The Bertz CT molecular complexity index is 535. The predicted molar refractivity (Wildman–Crippen MR) is 102 cm³/mol. The van der Waals surface area contributed by atoms with Crippen molar-refractivity contribution in [3.05, 3.63) is 35.9 Å². The molecule has 2 aliphatic rings. The normalized spacial score (nSPS) is 26.8. The van der Waals surface area contributed by atoms with Crippen LogP contribution in [0.3, 0.4) is 0 Å². The van der Waals surface area contributed by atoms with Crippen LogP contribution in [0.15, 0.2) is 30.3 Å². The zero-order valence-electron chi connectivity index (χ0n) is 15.0. The topological polar surface area (TPSA) is 53.6 Å². The molecular formula is C19H30ClN3O2. The van der Waals surface area contributed by atoms with Gasteiger partial charge in [-0.1, -0.05) is 30.3 Å². The zero-order chi connectivity index (χ0) is 16.8. The molecule has 140 valence electrons. The monoisotopic (exact) mass is 367 g/mol. The maximum atomic E-state index is 12.8. The van der Waals surface area contributed by atoms with Crippen molar-refractivity contribution in [2.75, 3.05) is 39.9 Å². The lowest BCUT2D eigenvalue weighted by atomic mass is 9.86. The minimum absolute atomic E-state index is 0. The first kappa shape index (κ1) is 20.2. The summed E-state index contributed by atoms with van der Waals surface area (Å²) in [6.07, 6.45) is 3.05. The zero-order valence-corrected chi connectivity index (χ0v) is 15.8. The maximum Gasteiger partial charge on any atom is 0.230 e. The third-order valence-corrected chi connectivity index (χ3v) is 5.24. The number of piperidine rings is 1. The number of nitrogens with zero attached hydrogens (tertiary/aromatic N) is 1. The number of likely N-dealkylation sites (tertiary alicyclic amines) is 1. The van der Waals surface area contributed by atoms with Gasteiger partial charge < -0.3 is 15.4 Å². The van der Waals surface area contributed by atoms with Crippen LogP contribution in [-0.4, -0.2) is 56.7 Å². The summed E-state index contributed by atoms with van der Waals surface area (Å²) >= 11 is 0. The van der Waals surface area contributed by atoms with Gasteiger partial charge in [-0.05, 0) is 37.9 Å². The molecule has 2 fully saturated rings. The second-order valence-corrected chi connectivity index (χ2v) is 7.17. The molecule has 2 unspecified atom stereocenters. The highest BCUT2D eigenvalue weighted by Gasteiger charge is 2.42. The fourth-order valence-corrected chi connectivity index (χ4v) is 3.90. The smallest absolute Gasteiger partial charge is 0.230 e. The molecule has 2 saturated heterocycles. The van der Waals surface area contributed by atoms with Gasteiger partial charge in [-0.3, -0.25) is 9.69 Å². The van der Waals surface area contributed by atoms with Crippen LogP contribution < -0.4 is 10.6 Å². The molecule has 6 heteroatoms. The SMILES string of the molecule is COCC1(C(=O)NC2CCCN(Cc3ccccc3)C2)CCNC1.Cl. The minimum Gasteiger partial charge on any atom is -0.384 e. The van der Waals surface area contributed by atoms with E-state index in [2.05, 4.69) is 39.8 Å². The molecule has 1 aromatic rings. The summed E-state index contributed by atoms with van der Waals surface area (Å²) < 4.78 is 5.33. The molecule has 0 aromatic heterocycles. The lowest BCUT2D eigenvalue weighted by Gasteiger charge is -2.35. The quantitative estimate of drug-likeness (QED) is 0.805. The van der Waals surface area contributed by atoms with E-state index in [1.165, 1.54) is 5.56 Å². The number of halogens is 1. The minimum atomic E-state index is -0.392. The van der Waals surface area contributed by atoms with Crippen molar-refractivity contribution >= 4 is 18.3 Å². The highest BCUT2D eigenvalue weighted by Crippen LogP contribution is 2.27. The number of carbonyl (C=O) groups excluding carboxylic acids is 1. The summed E-state index contributed by atoms with van der Waals surface area (Å²) in [7, 11) is 1.68. The maximum absolute atomic E-state index is 12.8. The van der Waals surface area contributed by atoms with E-state index < -0.39 is 5.41 Å². The molecule has 0 radical (unpaired) electrons. The number of methoxy groups -OCH3 is 1. The van der Waals surface area contributed by atoms with Crippen LogP contribution in [0, 0.1) is 5.41 Å². The van der Waals surface area contributed by atoms with Crippen LogP contribution in [0.1, 0.15) is 24.8 Å². The van der Waals surface area contributed by atoms with Gasteiger partial charge in [-0.15, -0.1) is 12.4 Å². The Hall–Kier alpha value is -1.14. The fourth-order valence-electron chi connectivity index (χ4n) is 3.90. The lowest BCUT2D eigenvalue weighted by Crippen LogP contribution is -2.53. The molecule has 0 spiro atoms. The number of hydrogen-bond acceptors (Lipinski definition) is 4. The van der Waals surface area contributed by atoms with E-state index >= 15 is 0 Å². The first-order chi connectivity index (χ1) is 11.7. The number of nitrogens with one attached hydrogen (secondary N) is 2. The van der Waals surface area contributed by atoms with Crippen molar-refractivity contribution in [2.24, 2.45) is 5.41 Å². The molecule has 1 amide bonds. The van der Waals surface area contributed by atoms with Crippen LogP contribution in [0.25, 0.3) is 0 Å². The average Bonchev–Trinajstić information content (AvgIpc) is 3.06. The standard InChI is InChI=1S/C19H29N3O2.ClH/c1-24-15-19(9-10-20-14-19)18(23)21-17-8-5-11-22(13-17)12-16-6-3-2-4-7-16;/h2-4,6-7,17,20H,5,8-15H2,1H3,(H,21,23);1H. The van der Waals surface area contributed by atoms with Gasteiger partial charge in [0.2, 0.25) is 5.91 Å². The first-order valence-corrected chi connectivity index (χ1v) is 8.99. The predicted octanol–water partition coefficient (Wildman–Crippen LogP) is 1.82. The first-order valence-electron chi connectivity index (χ1n) is 8.99. The van der Waals surface area contributed by atoms with E-state index in [1.807, 2.05) is 6.07 Å². The Labute approximate surface area is 156 Å². The third kappa shape index (κ3) is 5.17. The average molecular weight is 368 g/mol. The van der Waals surface area contributed by atoms with Gasteiger partial charge in [-0.25, -0.2) is 0 Å². The third-order valence-electron chi connectivity index (χ3n) is 5.24. The largest absolute Gasteiger partial charge is 0.384 e. The Morgan fingerprint density at radius 2 is 2.20 bits per heavy atom. The van der Waals surface area contributed by atoms with Gasteiger partial charge in [0.15, 0.2) is 0 Å². The van der Waals surface area contributed by atoms with Crippen molar-refractivity contribution in [3.8, 4) is 0 Å². The Kier molecular flexibility index (Phi) is 7.69. The Morgan fingerprint density at radius 3 is 2.88 bits per heavy atom. The number of rotatable bonds is 6. The second kappa shape index (κ2) is 9.53. The summed E-state index contributed by atoms with van der Waals surface area (Å²) in [5.41, 5.74) is 0.941. The van der Waals surface area contributed by atoms with E-state index in [9.17, 15) is 4.79 Å². The molecule has 0 aliphatic carbocycles. The van der Waals surface area contributed by atoms with Gasteiger partial charge in [-0.2, -0.15) is 0 Å². The molecule has 2 aliphatic heterocycles. The molecule has 25 heavy (non-hydrogen) atoms. The van der Waals surface area contributed by atoms with Crippen LogP contribution in [0.4, 0.5) is 0 Å². The molecule has 3 rings (SSSR count). The molecule has 2 atom stereocenters. The summed E-state index contributed by atoms with van der Waals surface area (Å²) in [6.45, 7) is 5.09. The van der Waals surface area contributed by atoms with Gasteiger partial charge in [0, 0.05) is 32.8 Å². The summed E-state index contributed by atoms with van der Waals surface area (Å²) in [4.78, 5) is 15.3. The van der Waals surface area contributed by atoms with E-state index in [4.69, 9.17) is 4.74 Å². The number of benzene rings is 1. The van der Waals surface area contributed by atoms with Crippen LogP contribution >= 0.6 is 12.4 Å². The molecule has 5 nitrogen and oxygen atoms in total. The number of amides is 1. The molecule has 0 saturated carbocycles. The molecule has 1 aromatic carbocycles. The van der Waals surface area contributed by atoms with Crippen molar-refractivity contribution in [2.45, 2.75) is 31.8 Å². The van der Waals surface area contributed by atoms with E-state index in [0.29, 0.717) is 13.2 Å². The van der Waals surface area contributed by atoms with Crippen LogP contribution in [0.5, 0.6) is 0 Å². The highest BCUT2D eigenvalue weighted by molar-refractivity contribution is 5.85. The Morgan fingerprint density at radius 1 is 1.40 bits per heavy atom. The van der Waals surface area contributed by atoms with E-state index in [0.717, 1.165) is 45.4 Å². The summed E-state index contributed by atoms with van der Waals surface area (Å²) in [5.74, 6) is 0.154. The lowest BCUT2D eigenvalue weighted by molar-refractivity contribution is -0.134. The molecule has 2 N–H and O–H groups in total. The van der Waals surface area contributed by atoms with E-state index in [-0.39, 0.29) is 24.4 Å². The number of hydrogen-bond donors (Lipinski definition) is 2. The van der Waals surface area contributed by atoms with Crippen LogP contribution in [-0.2, 0) is 16.1 Å². The molecular weight excluding hydrogens is 338 g/mol. The fraction of sp³-hybridized carbons (Fsp3) is 0.632. The second-order valence-electron chi connectivity index (χ2n) is 7.17. The van der Waals surface area contributed by atoms with Gasteiger partial charge in [0.05, 0.1) is 12.0 Å². The van der Waals surface area contributed by atoms with Crippen molar-refractivity contribution < 1.29 is 9.53 Å². The Balaban J connectivity index is 0.00000225. The van der Waals surface area contributed by atoms with Crippen molar-refractivity contribution in [1.82, 2.24) is 15.5 Å².